The van der Waals surface area contributed by atoms with Crippen LogP contribution in [0.5, 0.6) is 0 Å². The van der Waals surface area contributed by atoms with Gasteiger partial charge in [-0.1, -0.05) is 12.1 Å². The van der Waals surface area contributed by atoms with Crippen LogP contribution in [-0.4, -0.2) is 35.4 Å². The van der Waals surface area contributed by atoms with Crippen LogP contribution in [0, 0.1) is 13.8 Å². The van der Waals surface area contributed by atoms with Crippen molar-refractivity contribution in [1.82, 2.24) is 29.5 Å². The van der Waals surface area contributed by atoms with Crippen molar-refractivity contribution in [2.75, 3.05) is 5.32 Å². The maximum Gasteiger partial charge on any atom is 0.231 e. The van der Waals surface area contributed by atoms with E-state index in [-0.39, 0.29) is 11.8 Å². The van der Waals surface area contributed by atoms with Crippen molar-refractivity contribution in [2.24, 2.45) is 0 Å². The predicted molar refractivity (Wildman–Crippen MR) is 106 cm³/mol. The first-order chi connectivity index (χ1) is 13.6. The summed E-state index contributed by atoms with van der Waals surface area (Å²) in [6.45, 7) is 6.89. The van der Waals surface area contributed by atoms with E-state index in [1.54, 1.807) is 4.68 Å². The second-order valence-electron chi connectivity index (χ2n) is 7.14. The number of nitrogens with one attached hydrogen (secondary N) is 2. The maximum absolute atomic E-state index is 12.6. The van der Waals surface area contributed by atoms with Crippen molar-refractivity contribution in [3.8, 4) is 5.95 Å². The minimum atomic E-state index is -0.0674. The van der Waals surface area contributed by atoms with Gasteiger partial charge < -0.3 is 10.3 Å². The molecule has 1 atom stereocenters. The van der Waals surface area contributed by atoms with Gasteiger partial charge in [0.1, 0.15) is 5.82 Å². The molecule has 0 spiro atoms. The van der Waals surface area contributed by atoms with Crippen LogP contribution in [0.4, 0.5) is 5.82 Å². The first-order valence-electron chi connectivity index (χ1n) is 9.43. The number of fused-ring (bicyclic) bond motifs is 2. The van der Waals surface area contributed by atoms with E-state index in [1.807, 2.05) is 42.1 Å². The lowest BCUT2D eigenvalue weighted by Gasteiger charge is -2.23. The maximum atomic E-state index is 12.6. The molecule has 1 aliphatic rings. The summed E-state index contributed by atoms with van der Waals surface area (Å²) in [5.74, 6) is 1.18. The van der Waals surface area contributed by atoms with Gasteiger partial charge in [-0.3, -0.25) is 9.48 Å². The van der Waals surface area contributed by atoms with Crippen molar-refractivity contribution in [2.45, 2.75) is 39.7 Å². The molecule has 0 fully saturated rings. The molecule has 28 heavy (non-hydrogen) atoms. The Morgan fingerprint density at radius 2 is 2.07 bits per heavy atom. The smallest absolute Gasteiger partial charge is 0.231 e. The first-order valence-corrected chi connectivity index (χ1v) is 9.43. The molecule has 4 heterocycles. The topological polar surface area (TPSA) is 93.4 Å². The summed E-state index contributed by atoms with van der Waals surface area (Å²) in [7, 11) is 0. The summed E-state index contributed by atoms with van der Waals surface area (Å²) < 4.78 is 3.66. The molecule has 3 aromatic heterocycles. The van der Waals surface area contributed by atoms with Gasteiger partial charge in [0.25, 0.3) is 0 Å². The van der Waals surface area contributed by atoms with E-state index < -0.39 is 0 Å². The number of hydrogen-bond acceptors (Lipinski definition) is 4. The van der Waals surface area contributed by atoms with Crippen LogP contribution >= 0.6 is 0 Å². The molecule has 4 aromatic rings. The zero-order chi connectivity index (χ0) is 19.4. The van der Waals surface area contributed by atoms with Crippen LogP contribution in [0.3, 0.4) is 0 Å². The summed E-state index contributed by atoms with van der Waals surface area (Å²) in [6.07, 6.45) is 2.26. The van der Waals surface area contributed by atoms with Crippen molar-refractivity contribution in [3.63, 3.8) is 0 Å². The molecule has 8 heteroatoms. The molecular formula is C20H21N7O. The summed E-state index contributed by atoms with van der Waals surface area (Å²) in [4.78, 5) is 20.5. The van der Waals surface area contributed by atoms with E-state index in [1.165, 1.54) is 0 Å². The molecule has 0 unspecified atom stereocenters. The van der Waals surface area contributed by atoms with Gasteiger partial charge in [-0.05, 0) is 32.9 Å². The second kappa shape index (κ2) is 6.05. The number of aromatic amines is 1. The Morgan fingerprint density at radius 1 is 1.25 bits per heavy atom. The third kappa shape index (κ3) is 2.37. The lowest BCUT2D eigenvalue weighted by molar-refractivity contribution is -0.116. The van der Waals surface area contributed by atoms with Crippen molar-refractivity contribution >= 4 is 22.8 Å². The van der Waals surface area contributed by atoms with Gasteiger partial charge in [-0.2, -0.15) is 14.9 Å². The van der Waals surface area contributed by atoms with E-state index in [4.69, 9.17) is 5.10 Å². The van der Waals surface area contributed by atoms with Crippen LogP contribution in [-0.2, 0) is 11.3 Å². The third-order valence-corrected chi connectivity index (χ3v) is 5.50. The number of amides is 1. The van der Waals surface area contributed by atoms with Gasteiger partial charge in [0, 0.05) is 35.7 Å². The number of nitrogens with zero attached hydrogens (tertiary/aromatic N) is 5. The van der Waals surface area contributed by atoms with E-state index in [0.717, 1.165) is 40.1 Å². The number of carbonyl (C=O) groups excluding carboxylic acids is 1. The van der Waals surface area contributed by atoms with Crippen LogP contribution in [0.2, 0.25) is 0 Å². The molecule has 2 N–H and O–H groups in total. The molecule has 1 aliphatic heterocycles. The van der Waals surface area contributed by atoms with Gasteiger partial charge in [-0.25, -0.2) is 4.98 Å². The number of benzene rings is 1. The van der Waals surface area contributed by atoms with Gasteiger partial charge in [0.2, 0.25) is 11.9 Å². The molecule has 0 aliphatic carbocycles. The highest BCUT2D eigenvalue weighted by Gasteiger charge is 2.34. The van der Waals surface area contributed by atoms with Crippen LogP contribution in [0.25, 0.3) is 17.0 Å². The minimum absolute atomic E-state index is 0.0293. The number of H-pyrrole nitrogens is 1. The SMILES string of the molecule is CCn1ncc([C@H]2CC(=O)Nc3c2c(C)nn3-c2nc3ccccc3[nH]2)c1C. The number of rotatable bonds is 3. The monoisotopic (exact) mass is 375 g/mol. The van der Waals surface area contributed by atoms with E-state index in [9.17, 15) is 4.79 Å². The molecule has 0 saturated heterocycles. The van der Waals surface area contributed by atoms with Crippen molar-refractivity contribution in [1.29, 1.82) is 0 Å². The second-order valence-corrected chi connectivity index (χ2v) is 7.14. The normalized spacial score (nSPS) is 16.4. The van der Waals surface area contributed by atoms with Gasteiger partial charge in [0.15, 0.2) is 0 Å². The average molecular weight is 375 g/mol. The Morgan fingerprint density at radius 3 is 2.82 bits per heavy atom. The highest BCUT2D eigenvalue weighted by atomic mass is 16.1. The number of para-hydroxylation sites is 2. The van der Waals surface area contributed by atoms with Crippen LogP contribution < -0.4 is 5.32 Å². The Labute approximate surface area is 161 Å². The van der Waals surface area contributed by atoms with E-state index in [0.29, 0.717) is 18.2 Å². The Kier molecular flexibility index (Phi) is 3.61. The summed E-state index contributed by atoms with van der Waals surface area (Å²) in [5.41, 5.74) is 5.86. The lowest BCUT2D eigenvalue weighted by atomic mass is 9.86. The number of hydrogen-bond donors (Lipinski definition) is 2. The molecule has 0 saturated carbocycles. The molecule has 1 aromatic carbocycles. The summed E-state index contributed by atoms with van der Waals surface area (Å²) >= 11 is 0. The van der Waals surface area contributed by atoms with Crippen molar-refractivity contribution in [3.05, 3.63) is 53.0 Å². The minimum Gasteiger partial charge on any atom is -0.322 e. The Balaban J connectivity index is 1.68. The largest absolute Gasteiger partial charge is 0.322 e. The highest BCUT2D eigenvalue weighted by molar-refractivity contribution is 5.95. The fourth-order valence-electron chi connectivity index (χ4n) is 4.13. The first kappa shape index (κ1) is 16.7. The van der Waals surface area contributed by atoms with Crippen LogP contribution in [0.1, 0.15) is 41.8 Å². The number of aryl methyl sites for hydroxylation is 2. The van der Waals surface area contributed by atoms with Crippen molar-refractivity contribution < 1.29 is 4.79 Å². The Bertz CT molecular complexity index is 1180. The summed E-state index contributed by atoms with van der Waals surface area (Å²) in [6, 6.07) is 7.82. The fraction of sp³-hybridized carbons (Fsp3) is 0.300. The van der Waals surface area contributed by atoms with Gasteiger partial charge in [0.05, 0.1) is 22.9 Å². The highest BCUT2D eigenvalue weighted by Crippen LogP contribution is 2.41. The zero-order valence-electron chi connectivity index (χ0n) is 16.0. The number of imidazole rings is 1. The molecule has 0 radical (unpaired) electrons. The molecule has 1 amide bonds. The fourth-order valence-corrected chi connectivity index (χ4v) is 4.13. The van der Waals surface area contributed by atoms with E-state index in [2.05, 4.69) is 34.2 Å². The molecular weight excluding hydrogens is 354 g/mol. The third-order valence-electron chi connectivity index (χ3n) is 5.50. The molecule has 8 nitrogen and oxygen atoms in total. The lowest BCUT2D eigenvalue weighted by Crippen LogP contribution is -2.25. The average Bonchev–Trinajstić information content (AvgIpc) is 3.36. The van der Waals surface area contributed by atoms with Gasteiger partial charge in [-0.15, -0.1) is 0 Å². The summed E-state index contributed by atoms with van der Waals surface area (Å²) in [5, 5.41) is 12.2. The number of aromatic nitrogens is 6. The van der Waals surface area contributed by atoms with E-state index >= 15 is 0 Å². The standard InChI is InChI=1S/C20H21N7O/c1-4-26-12(3)14(10-21-26)13-9-17(28)24-19-18(13)11(2)25-27(19)20-22-15-7-5-6-8-16(15)23-20/h5-8,10,13H,4,9H2,1-3H3,(H,22,23)(H,24,28)/t13-/m1/s1. The quantitative estimate of drug-likeness (QED) is 0.575. The number of carbonyl (C=O) groups is 1. The molecule has 5 rings (SSSR count). The Hall–Kier alpha value is -3.42. The van der Waals surface area contributed by atoms with Crippen LogP contribution in [0.15, 0.2) is 30.5 Å². The predicted octanol–water partition coefficient (Wildman–Crippen LogP) is 3.06. The van der Waals surface area contributed by atoms with Gasteiger partial charge >= 0.3 is 0 Å². The molecule has 0 bridgehead atoms. The number of anilines is 1. The molecule has 142 valence electrons. The zero-order valence-corrected chi connectivity index (χ0v) is 16.0.